The maximum absolute atomic E-state index is 12.0. The molecule has 0 bridgehead atoms. The number of nitriles is 1. The van der Waals surface area contributed by atoms with Gasteiger partial charge < -0.3 is 4.90 Å². The number of hydrogen-bond acceptors (Lipinski definition) is 4. The van der Waals surface area contributed by atoms with E-state index in [9.17, 15) is 9.59 Å². The molecule has 6 heteroatoms. The van der Waals surface area contributed by atoms with E-state index in [2.05, 4.69) is 0 Å². The molecule has 0 unspecified atom stereocenters. The number of thiocyanates is 1. The second kappa shape index (κ2) is 5.41. The van der Waals surface area contributed by atoms with Crippen LogP contribution < -0.4 is 0 Å². The van der Waals surface area contributed by atoms with Gasteiger partial charge in [0.05, 0.1) is 5.88 Å². The molecule has 1 aliphatic heterocycles. The summed E-state index contributed by atoms with van der Waals surface area (Å²) < 4.78 is 0. The van der Waals surface area contributed by atoms with Crippen molar-refractivity contribution >= 4 is 23.7 Å². The average molecular weight is 253 g/mol. The fourth-order valence-corrected chi connectivity index (χ4v) is 2.90. The number of carbonyl (C=O) groups is 2. The van der Waals surface area contributed by atoms with Gasteiger partial charge in [0.25, 0.3) is 5.91 Å². The number of carbonyl (C=O) groups excluding carboxylic acids is 2. The summed E-state index contributed by atoms with van der Waals surface area (Å²) in [5.41, 5.74) is 0. The Bertz CT molecular complexity index is 360. The summed E-state index contributed by atoms with van der Waals surface area (Å²) in [4.78, 5) is 26.6. The molecular formula is C11H15N3O2S. The van der Waals surface area contributed by atoms with Crippen molar-refractivity contribution in [2.75, 3.05) is 12.4 Å². The van der Waals surface area contributed by atoms with Gasteiger partial charge in [0.2, 0.25) is 0 Å². The number of imide groups is 1. The maximum atomic E-state index is 12.0. The van der Waals surface area contributed by atoms with Crippen LogP contribution in [-0.2, 0) is 4.79 Å². The SMILES string of the molecule is N#CSCN1C(=O)CN(C2CCCCC2)C1=O. The molecule has 1 aliphatic carbocycles. The van der Waals surface area contributed by atoms with Gasteiger partial charge in [0.15, 0.2) is 0 Å². The first kappa shape index (κ1) is 12.2. The quantitative estimate of drug-likeness (QED) is 0.568. The van der Waals surface area contributed by atoms with Crippen LogP contribution in [0.2, 0.25) is 0 Å². The van der Waals surface area contributed by atoms with Gasteiger partial charge in [0, 0.05) is 6.04 Å². The van der Waals surface area contributed by atoms with Crippen molar-refractivity contribution in [1.82, 2.24) is 9.80 Å². The molecular weight excluding hydrogens is 238 g/mol. The van der Waals surface area contributed by atoms with E-state index in [1.54, 1.807) is 4.90 Å². The highest BCUT2D eigenvalue weighted by molar-refractivity contribution is 8.03. The fourth-order valence-electron chi connectivity index (χ4n) is 2.46. The van der Waals surface area contributed by atoms with Gasteiger partial charge in [-0.25, -0.2) is 4.79 Å². The van der Waals surface area contributed by atoms with Crippen LogP contribution in [0, 0.1) is 10.7 Å². The van der Waals surface area contributed by atoms with E-state index in [0.29, 0.717) is 0 Å². The molecule has 92 valence electrons. The van der Waals surface area contributed by atoms with Gasteiger partial charge >= 0.3 is 6.03 Å². The third kappa shape index (κ3) is 2.55. The van der Waals surface area contributed by atoms with Gasteiger partial charge in [-0.2, -0.15) is 5.26 Å². The monoisotopic (exact) mass is 253 g/mol. The smallest absolute Gasteiger partial charge is 0.312 e. The van der Waals surface area contributed by atoms with E-state index in [1.165, 1.54) is 11.3 Å². The van der Waals surface area contributed by atoms with Crippen molar-refractivity contribution in [1.29, 1.82) is 5.26 Å². The number of hydrogen-bond donors (Lipinski definition) is 0. The van der Waals surface area contributed by atoms with Crippen molar-refractivity contribution in [3.63, 3.8) is 0 Å². The molecule has 0 N–H and O–H groups in total. The van der Waals surface area contributed by atoms with Crippen LogP contribution in [0.25, 0.3) is 0 Å². The minimum Gasteiger partial charge on any atom is -0.312 e. The fraction of sp³-hybridized carbons (Fsp3) is 0.727. The lowest BCUT2D eigenvalue weighted by atomic mass is 9.94. The van der Waals surface area contributed by atoms with Gasteiger partial charge in [-0.3, -0.25) is 9.69 Å². The summed E-state index contributed by atoms with van der Waals surface area (Å²) in [5, 5.41) is 10.3. The summed E-state index contributed by atoms with van der Waals surface area (Å²) >= 11 is 0.925. The molecule has 1 saturated heterocycles. The Morgan fingerprint density at radius 3 is 2.65 bits per heavy atom. The number of thioether (sulfide) groups is 1. The highest BCUT2D eigenvalue weighted by atomic mass is 32.2. The van der Waals surface area contributed by atoms with E-state index in [1.807, 2.05) is 5.40 Å². The lowest BCUT2D eigenvalue weighted by Crippen LogP contribution is -2.40. The highest BCUT2D eigenvalue weighted by Gasteiger charge is 2.39. The van der Waals surface area contributed by atoms with Crippen LogP contribution in [0.5, 0.6) is 0 Å². The molecule has 2 rings (SSSR count). The van der Waals surface area contributed by atoms with Crippen LogP contribution in [0.15, 0.2) is 0 Å². The van der Waals surface area contributed by atoms with E-state index in [0.717, 1.165) is 37.4 Å². The number of rotatable bonds is 3. The van der Waals surface area contributed by atoms with Crippen LogP contribution in [-0.4, -0.2) is 40.2 Å². The third-order valence-electron chi connectivity index (χ3n) is 3.36. The Labute approximate surface area is 105 Å². The van der Waals surface area contributed by atoms with E-state index < -0.39 is 0 Å². The van der Waals surface area contributed by atoms with Crippen molar-refractivity contribution in [2.45, 2.75) is 38.1 Å². The lowest BCUT2D eigenvalue weighted by molar-refractivity contribution is -0.124. The minimum absolute atomic E-state index is 0.150. The summed E-state index contributed by atoms with van der Waals surface area (Å²) in [5.74, 6) is -0.0273. The van der Waals surface area contributed by atoms with Crippen molar-refractivity contribution in [3.05, 3.63) is 0 Å². The zero-order chi connectivity index (χ0) is 12.3. The Hall–Kier alpha value is -1.22. The Kier molecular flexibility index (Phi) is 3.89. The zero-order valence-electron chi connectivity index (χ0n) is 9.59. The molecule has 0 aromatic heterocycles. The molecule has 5 nitrogen and oxygen atoms in total. The second-order valence-electron chi connectivity index (χ2n) is 4.39. The largest absolute Gasteiger partial charge is 0.328 e. The van der Waals surface area contributed by atoms with E-state index >= 15 is 0 Å². The molecule has 0 atom stereocenters. The molecule has 0 aromatic rings. The second-order valence-corrected chi connectivity index (χ2v) is 5.12. The van der Waals surface area contributed by atoms with Gasteiger partial charge in [-0.1, -0.05) is 19.3 Å². The summed E-state index contributed by atoms with van der Waals surface area (Å²) in [6, 6.07) is 0.00179. The first-order valence-electron chi connectivity index (χ1n) is 5.86. The molecule has 0 aromatic carbocycles. The molecule has 0 spiro atoms. The van der Waals surface area contributed by atoms with Crippen molar-refractivity contribution in [2.24, 2.45) is 0 Å². The summed E-state index contributed by atoms with van der Waals surface area (Å²) in [6.45, 7) is 0.190. The van der Waals surface area contributed by atoms with Gasteiger partial charge in [-0.05, 0) is 24.6 Å². The molecule has 2 fully saturated rings. The zero-order valence-corrected chi connectivity index (χ0v) is 10.4. The minimum atomic E-state index is -0.218. The topological polar surface area (TPSA) is 64.4 Å². The number of urea groups is 1. The molecule has 1 heterocycles. The highest BCUT2D eigenvalue weighted by Crippen LogP contribution is 2.26. The predicted octanol–water partition coefficient (Wildman–Crippen LogP) is 1.76. The van der Waals surface area contributed by atoms with E-state index in [-0.39, 0.29) is 30.4 Å². The molecule has 17 heavy (non-hydrogen) atoms. The van der Waals surface area contributed by atoms with Crippen LogP contribution in [0.1, 0.15) is 32.1 Å². The average Bonchev–Trinajstić information content (AvgIpc) is 2.64. The van der Waals surface area contributed by atoms with Gasteiger partial charge in [-0.15, -0.1) is 0 Å². The predicted molar refractivity (Wildman–Crippen MR) is 63.9 cm³/mol. The molecule has 2 aliphatic rings. The summed E-state index contributed by atoms with van der Waals surface area (Å²) in [6.07, 6.45) is 5.49. The number of nitrogens with zero attached hydrogens (tertiary/aromatic N) is 3. The summed E-state index contributed by atoms with van der Waals surface area (Å²) in [7, 11) is 0. The third-order valence-corrected chi connectivity index (χ3v) is 3.87. The Balaban J connectivity index is 1.99. The first-order chi connectivity index (χ1) is 8.24. The molecule has 3 amide bonds. The van der Waals surface area contributed by atoms with Gasteiger partial charge in [0.1, 0.15) is 11.9 Å². The Morgan fingerprint density at radius 1 is 1.29 bits per heavy atom. The maximum Gasteiger partial charge on any atom is 0.328 e. The van der Waals surface area contributed by atoms with Crippen molar-refractivity contribution in [3.8, 4) is 5.40 Å². The van der Waals surface area contributed by atoms with Crippen LogP contribution in [0.3, 0.4) is 0 Å². The van der Waals surface area contributed by atoms with Crippen molar-refractivity contribution < 1.29 is 9.59 Å². The first-order valence-corrected chi connectivity index (χ1v) is 6.84. The van der Waals surface area contributed by atoms with Crippen LogP contribution >= 0.6 is 11.8 Å². The Morgan fingerprint density at radius 2 is 2.00 bits per heavy atom. The normalized spacial score (nSPS) is 22.1. The van der Waals surface area contributed by atoms with E-state index in [4.69, 9.17) is 5.26 Å². The standard InChI is InChI=1S/C11H15N3O2S/c12-7-17-8-14-10(15)6-13(11(14)16)9-4-2-1-3-5-9/h9H,1-6,8H2. The lowest BCUT2D eigenvalue weighted by Gasteiger charge is -2.29. The molecule has 1 saturated carbocycles. The van der Waals surface area contributed by atoms with Crippen LogP contribution in [0.4, 0.5) is 4.79 Å². The number of amides is 3. The molecule has 0 radical (unpaired) electrons.